The highest BCUT2D eigenvalue weighted by Crippen LogP contribution is 2.23. The van der Waals surface area contributed by atoms with Crippen molar-refractivity contribution < 1.29 is 23.1 Å². The Morgan fingerprint density at radius 1 is 1.21 bits per heavy atom. The molecular formula is C19H24N4O5S. The van der Waals surface area contributed by atoms with E-state index in [0.29, 0.717) is 18.5 Å². The predicted octanol–water partition coefficient (Wildman–Crippen LogP) is 0.370. The van der Waals surface area contributed by atoms with Crippen LogP contribution >= 0.6 is 0 Å². The molecule has 3 atom stereocenters. The molecule has 1 aromatic carbocycles. The predicted molar refractivity (Wildman–Crippen MR) is 104 cm³/mol. The molecule has 1 amide bonds. The van der Waals surface area contributed by atoms with Gasteiger partial charge in [0.25, 0.3) is 0 Å². The van der Waals surface area contributed by atoms with E-state index in [0.717, 1.165) is 0 Å². The first-order valence-corrected chi connectivity index (χ1v) is 10.8. The number of aliphatic hydroxyl groups excluding tert-OH is 1. The number of sulfonamides is 1. The standard InChI is InChI=1S/C19H24N4O5S/c24-12-18-17(23-29(26,27)16-4-2-1-3-5-16)7-6-15(28-18)10-19(25)21-11-14-8-9-20-13-22-14/h1-5,8-9,13,15,17-18,23-24H,6-7,10-12H2,(H,21,25)/t15-,17+,18+/m0/s1. The van der Waals surface area contributed by atoms with E-state index in [1.54, 1.807) is 30.5 Å². The van der Waals surface area contributed by atoms with Gasteiger partial charge in [0.05, 0.1) is 48.4 Å². The van der Waals surface area contributed by atoms with Gasteiger partial charge >= 0.3 is 0 Å². The van der Waals surface area contributed by atoms with Crippen LogP contribution in [-0.2, 0) is 26.1 Å². The topological polar surface area (TPSA) is 131 Å². The van der Waals surface area contributed by atoms with Crippen LogP contribution in [0.1, 0.15) is 25.0 Å². The minimum atomic E-state index is -3.72. The summed E-state index contributed by atoms with van der Waals surface area (Å²) in [5, 5.41) is 12.4. The highest BCUT2D eigenvalue weighted by molar-refractivity contribution is 7.89. The summed E-state index contributed by atoms with van der Waals surface area (Å²) in [7, 11) is -3.72. The molecule has 1 fully saturated rings. The van der Waals surface area contributed by atoms with Crippen LogP contribution in [0.5, 0.6) is 0 Å². The van der Waals surface area contributed by atoms with Crippen molar-refractivity contribution in [2.75, 3.05) is 6.61 Å². The number of carbonyl (C=O) groups is 1. The highest BCUT2D eigenvalue weighted by Gasteiger charge is 2.34. The fourth-order valence-electron chi connectivity index (χ4n) is 3.17. The SMILES string of the molecule is O=C(C[C@@H]1CC[C@@H](NS(=O)(=O)c2ccccc2)[C@@H](CO)O1)NCc1ccncn1. The van der Waals surface area contributed by atoms with Crippen molar-refractivity contribution in [3.05, 3.63) is 54.6 Å². The summed E-state index contributed by atoms with van der Waals surface area (Å²) in [5.41, 5.74) is 0.696. The Labute approximate surface area is 169 Å². The minimum absolute atomic E-state index is 0.125. The Kier molecular flexibility index (Phi) is 7.26. The number of benzene rings is 1. The van der Waals surface area contributed by atoms with Gasteiger partial charge in [-0.2, -0.15) is 0 Å². The molecule has 2 heterocycles. The maximum atomic E-state index is 12.5. The number of aliphatic hydroxyl groups is 1. The van der Waals surface area contributed by atoms with Crippen LogP contribution in [0.15, 0.2) is 53.8 Å². The Hall–Kier alpha value is -2.40. The monoisotopic (exact) mass is 420 g/mol. The molecule has 29 heavy (non-hydrogen) atoms. The Balaban J connectivity index is 1.52. The molecule has 0 unspecified atom stereocenters. The third kappa shape index (κ3) is 6.04. The van der Waals surface area contributed by atoms with E-state index in [-0.39, 0.29) is 30.4 Å². The largest absolute Gasteiger partial charge is 0.394 e. The minimum Gasteiger partial charge on any atom is -0.394 e. The number of hydrogen-bond donors (Lipinski definition) is 3. The van der Waals surface area contributed by atoms with Gasteiger partial charge < -0.3 is 15.2 Å². The lowest BCUT2D eigenvalue weighted by Crippen LogP contribution is -2.51. The van der Waals surface area contributed by atoms with Crippen molar-refractivity contribution in [1.29, 1.82) is 0 Å². The lowest BCUT2D eigenvalue weighted by Gasteiger charge is -2.35. The summed E-state index contributed by atoms with van der Waals surface area (Å²) in [6.45, 7) is -0.0575. The summed E-state index contributed by atoms with van der Waals surface area (Å²) in [6, 6.07) is 9.18. The van der Waals surface area contributed by atoms with Gasteiger partial charge in [-0.15, -0.1) is 0 Å². The molecule has 1 aromatic heterocycles. The smallest absolute Gasteiger partial charge is 0.240 e. The number of rotatable bonds is 8. The van der Waals surface area contributed by atoms with Crippen LogP contribution in [0.4, 0.5) is 0 Å². The second-order valence-corrected chi connectivity index (χ2v) is 8.49. The summed E-state index contributed by atoms with van der Waals surface area (Å²) < 4.78 is 33.4. The Morgan fingerprint density at radius 2 is 2.00 bits per heavy atom. The molecule has 156 valence electrons. The van der Waals surface area contributed by atoms with Crippen molar-refractivity contribution in [2.24, 2.45) is 0 Å². The molecule has 0 radical (unpaired) electrons. The number of nitrogens with one attached hydrogen (secondary N) is 2. The van der Waals surface area contributed by atoms with E-state index in [9.17, 15) is 18.3 Å². The number of aromatic nitrogens is 2. The van der Waals surface area contributed by atoms with E-state index >= 15 is 0 Å². The quantitative estimate of drug-likeness (QED) is 0.562. The van der Waals surface area contributed by atoms with Crippen molar-refractivity contribution in [1.82, 2.24) is 20.0 Å². The first-order valence-electron chi connectivity index (χ1n) is 9.33. The molecule has 3 rings (SSSR count). The average molecular weight is 420 g/mol. The molecular weight excluding hydrogens is 396 g/mol. The zero-order valence-corrected chi connectivity index (χ0v) is 16.6. The normalized spacial score (nSPS) is 22.2. The zero-order chi connectivity index (χ0) is 20.7. The highest BCUT2D eigenvalue weighted by atomic mass is 32.2. The molecule has 3 N–H and O–H groups in total. The molecule has 1 aliphatic rings. The molecule has 1 aliphatic heterocycles. The Morgan fingerprint density at radius 3 is 2.69 bits per heavy atom. The van der Waals surface area contributed by atoms with Crippen LogP contribution in [0.25, 0.3) is 0 Å². The molecule has 2 aromatic rings. The number of nitrogens with zero attached hydrogens (tertiary/aromatic N) is 2. The van der Waals surface area contributed by atoms with Gasteiger partial charge in [-0.1, -0.05) is 18.2 Å². The van der Waals surface area contributed by atoms with Gasteiger partial charge in [-0.3, -0.25) is 4.79 Å². The molecule has 10 heteroatoms. The molecule has 1 saturated heterocycles. The molecule has 0 saturated carbocycles. The van der Waals surface area contributed by atoms with Gasteiger partial charge in [0.1, 0.15) is 6.33 Å². The fraction of sp³-hybridized carbons (Fsp3) is 0.421. The second-order valence-electron chi connectivity index (χ2n) is 6.78. The fourth-order valence-corrected chi connectivity index (χ4v) is 4.49. The molecule has 0 bridgehead atoms. The number of ether oxygens (including phenoxy) is 1. The summed E-state index contributed by atoms with van der Waals surface area (Å²) in [6.07, 6.45) is 2.98. The lowest BCUT2D eigenvalue weighted by molar-refractivity contribution is -0.130. The maximum absolute atomic E-state index is 12.5. The number of carbonyl (C=O) groups excluding carboxylic acids is 1. The van der Waals surface area contributed by atoms with Gasteiger partial charge in [0.2, 0.25) is 15.9 Å². The first-order chi connectivity index (χ1) is 14.0. The van der Waals surface area contributed by atoms with Crippen LogP contribution in [0, 0.1) is 0 Å². The maximum Gasteiger partial charge on any atom is 0.240 e. The van der Waals surface area contributed by atoms with Gasteiger partial charge in [0, 0.05) is 6.20 Å². The van der Waals surface area contributed by atoms with Crippen LogP contribution < -0.4 is 10.0 Å². The average Bonchev–Trinajstić information content (AvgIpc) is 2.74. The van der Waals surface area contributed by atoms with E-state index in [1.165, 1.54) is 18.5 Å². The van der Waals surface area contributed by atoms with Crippen LogP contribution in [-0.4, -0.2) is 54.3 Å². The first kappa shape index (κ1) is 21.3. The van der Waals surface area contributed by atoms with Crippen molar-refractivity contribution in [2.45, 2.75) is 49.0 Å². The van der Waals surface area contributed by atoms with Crippen molar-refractivity contribution >= 4 is 15.9 Å². The molecule has 9 nitrogen and oxygen atoms in total. The summed E-state index contributed by atoms with van der Waals surface area (Å²) >= 11 is 0. The van der Waals surface area contributed by atoms with Crippen molar-refractivity contribution in [3.63, 3.8) is 0 Å². The second kappa shape index (κ2) is 9.88. The van der Waals surface area contributed by atoms with E-state index < -0.39 is 28.3 Å². The summed E-state index contributed by atoms with van der Waals surface area (Å²) in [4.78, 5) is 20.2. The Bertz CT molecular complexity index is 895. The van der Waals surface area contributed by atoms with Crippen LogP contribution in [0.2, 0.25) is 0 Å². The molecule has 0 aliphatic carbocycles. The summed E-state index contributed by atoms with van der Waals surface area (Å²) in [5.74, 6) is -0.200. The van der Waals surface area contributed by atoms with Gasteiger partial charge in [-0.05, 0) is 31.0 Å². The van der Waals surface area contributed by atoms with Gasteiger partial charge in [0.15, 0.2) is 0 Å². The van der Waals surface area contributed by atoms with E-state index in [1.807, 2.05) is 0 Å². The third-order valence-electron chi connectivity index (χ3n) is 4.68. The van der Waals surface area contributed by atoms with Crippen molar-refractivity contribution in [3.8, 4) is 0 Å². The number of amides is 1. The zero-order valence-electron chi connectivity index (χ0n) is 15.8. The van der Waals surface area contributed by atoms with E-state index in [2.05, 4.69) is 20.0 Å². The van der Waals surface area contributed by atoms with Gasteiger partial charge in [-0.25, -0.2) is 23.1 Å². The third-order valence-corrected chi connectivity index (χ3v) is 6.18. The van der Waals surface area contributed by atoms with E-state index in [4.69, 9.17) is 4.74 Å². The number of hydrogen-bond acceptors (Lipinski definition) is 7. The van der Waals surface area contributed by atoms with Crippen LogP contribution in [0.3, 0.4) is 0 Å². The molecule has 0 spiro atoms. The lowest BCUT2D eigenvalue weighted by atomic mass is 9.98.